The first-order valence-electron chi connectivity index (χ1n) is 7.74. The molecule has 1 N–H and O–H groups in total. The number of nitrogens with one attached hydrogen (secondary N) is 1. The van der Waals surface area contributed by atoms with Gasteiger partial charge in [0, 0.05) is 11.8 Å². The standard InChI is InChI=1S/C17H14N6O/c18-10-11-3-5-12(6-4-11)15-20-9-7-14(21-15)17-22-16(23-24-17)13-2-1-8-19-13/h3-7,9,13,19H,1-2,8H2. The molecule has 0 aliphatic carbocycles. The predicted molar refractivity (Wildman–Crippen MR) is 85.5 cm³/mol. The van der Waals surface area contributed by atoms with Gasteiger partial charge in [0.25, 0.3) is 5.89 Å². The van der Waals surface area contributed by atoms with E-state index in [-0.39, 0.29) is 6.04 Å². The molecule has 1 unspecified atom stereocenters. The molecule has 0 amide bonds. The monoisotopic (exact) mass is 318 g/mol. The Morgan fingerprint density at radius 1 is 1.17 bits per heavy atom. The molecule has 1 atom stereocenters. The molecule has 0 saturated carbocycles. The van der Waals surface area contributed by atoms with Gasteiger partial charge in [-0.3, -0.25) is 0 Å². The van der Waals surface area contributed by atoms with Gasteiger partial charge >= 0.3 is 0 Å². The van der Waals surface area contributed by atoms with Crippen molar-refractivity contribution in [2.45, 2.75) is 18.9 Å². The first-order valence-corrected chi connectivity index (χ1v) is 7.74. The Morgan fingerprint density at radius 3 is 2.79 bits per heavy atom. The molecule has 0 radical (unpaired) electrons. The van der Waals surface area contributed by atoms with E-state index in [0.717, 1.165) is 24.9 Å². The molecule has 3 heterocycles. The fourth-order valence-corrected chi connectivity index (χ4v) is 2.70. The summed E-state index contributed by atoms with van der Waals surface area (Å²) in [5.41, 5.74) is 2.01. The van der Waals surface area contributed by atoms with Crippen molar-refractivity contribution in [3.05, 3.63) is 47.9 Å². The van der Waals surface area contributed by atoms with Crippen molar-refractivity contribution in [1.82, 2.24) is 25.4 Å². The minimum Gasteiger partial charge on any atom is -0.332 e. The van der Waals surface area contributed by atoms with Gasteiger partial charge in [-0.1, -0.05) is 5.16 Å². The Hall–Kier alpha value is -3.11. The molecule has 1 aliphatic rings. The van der Waals surface area contributed by atoms with E-state index >= 15 is 0 Å². The van der Waals surface area contributed by atoms with Crippen LogP contribution >= 0.6 is 0 Å². The van der Waals surface area contributed by atoms with Gasteiger partial charge in [-0.05, 0) is 49.7 Å². The first kappa shape index (κ1) is 14.5. The summed E-state index contributed by atoms with van der Waals surface area (Å²) in [6.45, 7) is 0.977. The van der Waals surface area contributed by atoms with Gasteiger partial charge in [0.2, 0.25) is 0 Å². The average molecular weight is 318 g/mol. The number of nitrogens with zero attached hydrogens (tertiary/aromatic N) is 5. The van der Waals surface area contributed by atoms with Crippen molar-refractivity contribution in [3.63, 3.8) is 0 Å². The number of hydrogen-bond donors (Lipinski definition) is 1. The van der Waals surface area contributed by atoms with Crippen molar-refractivity contribution in [2.75, 3.05) is 6.54 Å². The molecule has 7 heteroatoms. The maximum Gasteiger partial charge on any atom is 0.276 e. The topological polar surface area (TPSA) is 101 Å². The second-order valence-electron chi connectivity index (χ2n) is 5.56. The van der Waals surface area contributed by atoms with Crippen LogP contribution in [-0.2, 0) is 0 Å². The highest BCUT2D eigenvalue weighted by molar-refractivity contribution is 5.59. The van der Waals surface area contributed by atoms with Crippen LogP contribution in [0.15, 0.2) is 41.1 Å². The third-order valence-electron chi connectivity index (χ3n) is 3.96. The summed E-state index contributed by atoms with van der Waals surface area (Å²) >= 11 is 0. The summed E-state index contributed by atoms with van der Waals surface area (Å²) in [5.74, 6) is 1.60. The molecule has 0 spiro atoms. The van der Waals surface area contributed by atoms with Gasteiger partial charge in [0.05, 0.1) is 17.7 Å². The Balaban J connectivity index is 1.63. The normalized spacial score (nSPS) is 16.9. The van der Waals surface area contributed by atoms with Crippen LogP contribution < -0.4 is 5.32 Å². The summed E-state index contributed by atoms with van der Waals surface area (Å²) in [7, 11) is 0. The Bertz CT molecular complexity index is 890. The molecule has 1 saturated heterocycles. The molecule has 1 fully saturated rings. The lowest BCUT2D eigenvalue weighted by Crippen LogP contribution is -2.14. The van der Waals surface area contributed by atoms with E-state index in [4.69, 9.17) is 9.78 Å². The van der Waals surface area contributed by atoms with E-state index < -0.39 is 0 Å². The Morgan fingerprint density at radius 2 is 2.04 bits per heavy atom. The molecule has 4 rings (SSSR count). The molecular formula is C17H14N6O. The van der Waals surface area contributed by atoms with E-state index in [1.165, 1.54) is 0 Å². The van der Waals surface area contributed by atoms with Crippen molar-refractivity contribution in [2.24, 2.45) is 0 Å². The smallest absolute Gasteiger partial charge is 0.276 e. The number of benzene rings is 1. The highest BCUT2D eigenvalue weighted by Gasteiger charge is 2.22. The van der Waals surface area contributed by atoms with Crippen molar-refractivity contribution in [1.29, 1.82) is 5.26 Å². The second-order valence-corrected chi connectivity index (χ2v) is 5.56. The minimum atomic E-state index is 0.155. The zero-order chi connectivity index (χ0) is 16.4. The van der Waals surface area contributed by atoms with Crippen LogP contribution in [0.1, 0.15) is 30.3 Å². The summed E-state index contributed by atoms with van der Waals surface area (Å²) < 4.78 is 5.36. The second kappa shape index (κ2) is 6.18. The number of rotatable bonds is 3. The van der Waals surface area contributed by atoms with Crippen LogP contribution in [0.2, 0.25) is 0 Å². The van der Waals surface area contributed by atoms with Crippen LogP contribution in [0.3, 0.4) is 0 Å². The molecule has 2 aromatic heterocycles. The molecule has 3 aromatic rings. The van der Waals surface area contributed by atoms with Gasteiger partial charge in [-0.15, -0.1) is 0 Å². The van der Waals surface area contributed by atoms with E-state index in [1.807, 2.05) is 12.1 Å². The van der Waals surface area contributed by atoms with E-state index in [9.17, 15) is 0 Å². The molecule has 1 aliphatic heterocycles. The molecule has 118 valence electrons. The molecule has 7 nitrogen and oxygen atoms in total. The maximum atomic E-state index is 8.87. The van der Waals surface area contributed by atoms with Crippen molar-refractivity contribution >= 4 is 0 Å². The zero-order valence-corrected chi connectivity index (χ0v) is 12.8. The lowest BCUT2D eigenvalue weighted by atomic mass is 10.1. The van der Waals surface area contributed by atoms with Crippen LogP contribution in [0.4, 0.5) is 0 Å². The number of nitriles is 1. The summed E-state index contributed by atoms with van der Waals surface area (Å²) in [4.78, 5) is 13.2. The SMILES string of the molecule is N#Cc1ccc(-c2nccc(-c3nc(C4CCCN4)no3)n2)cc1. The van der Waals surface area contributed by atoms with Crippen LogP contribution in [0.25, 0.3) is 23.0 Å². The van der Waals surface area contributed by atoms with Crippen LogP contribution in [-0.4, -0.2) is 26.7 Å². The van der Waals surface area contributed by atoms with E-state index in [0.29, 0.717) is 28.8 Å². The molecule has 0 bridgehead atoms. The third-order valence-corrected chi connectivity index (χ3v) is 3.96. The lowest BCUT2D eigenvalue weighted by Gasteiger charge is -2.02. The highest BCUT2D eigenvalue weighted by Crippen LogP contribution is 2.24. The van der Waals surface area contributed by atoms with E-state index in [1.54, 1.807) is 24.4 Å². The molecule has 24 heavy (non-hydrogen) atoms. The van der Waals surface area contributed by atoms with Gasteiger partial charge in [-0.2, -0.15) is 10.2 Å². The summed E-state index contributed by atoms with van der Waals surface area (Å²) in [6, 6.07) is 11.1. The Labute approximate surface area is 138 Å². The number of aromatic nitrogens is 4. The maximum absolute atomic E-state index is 8.87. The van der Waals surface area contributed by atoms with Crippen LogP contribution in [0.5, 0.6) is 0 Å². The fraction of sp³-hybridized carbons (Fsp3) is 0.235. The summed E-state index contributed by atoms with van der Waals surface area (Å²) in [6.07, 6.45) is 3.79. The van der Waals surface area contributed by atoms with Crippen molar-refractivity contribution in [3.8, 4) is 29.0 Å². The Kier molecular flexibility index (Phi) is 3.73. The van der Waals surface area contributed by atoms with E-state index in [2.05, 4.69) is 31.5 Å². The van der Waals surface area contributed by atoms with Gasteiger partial charge < -0.3 is 9.84 Å². The molecule has 1 aromatic carbocycles. The fourth-order valence-electron chi connectivity index (χ4n) is 2.70. The quantitative estimate of drug-likeness (QED) is 0.791. The predicted octanol–water partition coefficient (Wildman–Crippen LogP) is 2.49. The number of hydrogen-bond acceptors (Lipinski definition) is 7. The zero-order valence-electron chi connectivity index (χ0n) is 12.8. The average Bonchev–Trinajstić information content (AvgIpc) is 3.33. The lowest BCUT2D eigenvalue weighted by molar-refractivity contribution is 0.411. The first-order chi connectivity index (χ1) is 11.8. The molecular weight excluding hydrogens is 304 g/mol. The largest absolute Gasteiger partial charge is 0.332 e. The van der Waals surface area contributed by atoms with Gasteiger partial charge in [0.1, 0.15) is 5.69 Å². The minimum absolute atomic E-state index is 0.155. The van der Waals surface area contributed by atoms with Crippen LogP contribution in [0, 0.1) is 11.3 Å². The summed E-state index contributed by atoms with van der Waals surface area (Å²) in [5, 5.41) is 16.3. The van der Waals surface area contributed by atoms with Gasteiger partial charge in [0.15, 0.2) is 11.6 Å². The van der Waals surface area contributed by atoms with Crippen molar-refractivity contribution < 1.29 is 4.52 Å². The third kappa shape index (κ3) is 2.75. The highest BCUT2D eigenvalue weighted by atomic mass is 16.5. The van der Waals surface area contributed by atoms with Gasteiger partial charge in [-0.25, -0.2) is 9.97 Å².